The van der Waals surface area contributed by atoms with Crippen molar-refractivity contribution < 1.29 is 0 Å². The molecule has 0 unspecified atom stereocenters. The molecule has 0 fully saturated rings. The Bertz CT molecular complexity index is 241. The normalized spacial score (nSPS) is 18.2. The standard InChI is InChI=1S/C12H17N/c1-2-6-11-7-3-4-8-12(11)10-13-9-5-1/h3-4,7-8,13H,1-2,5-6,9-10H2. The van der Waals surface area contributed by atoms with E-state index in [0.717, 1.165) is 6.54 Å². The van der Waals surface area contributed by atoms with E-state index in [9.17, 15) is 0 Å². The monoisotopic (exact) mass is 175 g/mol. The number of aryl methyl sites for hydroxylation is 1. The fraction of sp³-hybridized carbons (Fsp3) is 0.500. The number of hydrogen-bond acceptors (Lipinski definition) is 1. The topological polar surface area (TPSA) is 12.0 Å². The van der Waals surface area contributed by atoms with E-state index in [-0.39, 0.29) is 0 Å². The molecule has 0 aliphatic carbocycles. The van der Waals surface area contributed by atoms with E-state index in [4.69, 9.17) is 0 Å². The maximum Gasteiger partial charge on any atom is 0.0208 e. The summed E-state index contributed by atoms with van der Waals surface area (Å²) < 4.78 is 0. The lowest BCUT2D eigenvalue weighted by Crippen LogP contribution is -2.14. The van der Waals surface area contributed by atoms with Crippen LogP contribution in [0, 0.1) is 0 Å². The van der Waals surface area contributed by atoms with Crippen LogP contribution in [-0.2, 0) is 13.0 Å². The van der Waals surface area contributed by atoms with Gasteiger partial charge in [-0.05, 0) is 36.9 Å². The van der Waals surface area contributed by atoms with Crippen LogP contribution in [0.5, 0.6) is 0 Å². The molecule has 1 aromatic rings. The van der Waals surface area contributed by atoms with Crippen molar-refractivity contribution in [3.8, 4) is 0 Å². The van der Waals surface area contributed by atoms with Crippen molar-refractivity contribution in [2.45, 2.75) is 32.2 Å². The highest BCUT2D eigenvalue weighted by atomic mass is 14.8. The van der Waals surface area contributed by atoms with Gasteiger partial charge >= 0.3 is 0 Å². The summed E-state index contributed by atoms with van der Waals surface area (Å²) in [6, 6.07) is 8.80. The van der Waals surface area contributed by atoms with Crippen LogP contribution in [0.2, 0.25) is 0 Å². The molecule has 0 spiro atoms. The molecule has 0 bridgehead atoms. The number of benzene rings is 1. The lowest BCUT2D eigenvalue weighted by Gasteiger charge is -2.07. The van der Waals surface area contributed by atoms with Crippen molar-refractivity contribution in [2.75, 3.05) is 6.54 Å². The highest BCUT2D eigenvalue weighted by Crippen LogP contribution is 2.14. The second-order valence-electron chi connectivity index (χ2n) is 3.76. The summed E-state index contributed by atoms with van der Waals surface area (Å²) in [5, 5.41) is 3.48. The van der Waals surface area contributed by atoms with Gasteiger partial charge in [-0.15, -0.1) is 0 Å². The van der Waals surface area contributed by atoms with Crippen LogP contribution in [-0.4, -0.2) is 6.54 Å². The Morgan fingerprint density at radius 2 is 1.77 bits per heavy atom. The average Bonchev–Trinajstić information content (AvgIpc) is 2.28. The summed E-state index contributed by atoms with van der Waals surface area (Å²) in [6.45, 7) is 2.23. The Balaban J connectivity index is 2.17. The number of hydrogen-bond donors (Lipinski definition) is 1. The number of nitrogens with one attached hydrogen (secondary N) is 1. The second-order valence-corrected chi connectivity index (χ2v) is 3.76. The third-order valence-electron chi connectivity index (χ3n) is 2.73. The minimum absolute atomic E-state index is 1.05. The lowest BCUT2D eigenvalue weighted by molar-refractivity contribution is 0.620. The van der Waals surface area contributed by atoms with E-state index in [0.29, 0.717) is 0 Å². The molecule has 2 rings (SSSR count). The Hall–Kier alpha value is -0.820. The third kappa shape index (κ3) is 2.31. The SMILES string of the molecule is c1ccc2c(c1)CCCCCNC2. The predicted molar refractivity (Wildman–Crippen MR) is 55.7 cm³/mol. The molecular weight excluding hydrogens is 158 g/mol. The number of fused-ring (bicyclic) bond motifs is 1. The summed E-state index contributed by atoms with van der Waals surface area (Å²) in [5.41, 5.74) is 3.03. The van der Waals surface area contributed by atoms with Gasteiger partial charge in [-0.1, -0.05) is 30.7 Å². The minimum atomic E-state index is 1.05. The smallest absolute Gasteiger partial charge is 0.0208 e. The first-order valence-corrected chi connectivity index (χ1v) is 5.24. The molecule has 70 valence electrons. The van der Waals surface area contributed by atoms with Crippen molar-refractivity contribution in [1.82, 2.24) is 5.32 Å². The average molecular weight is 175 g/mol. The molecule has 0 aromatic heterocycles. The summed E-state index contributed by atoms with van der Waals surface area (Å²) in [6.07, 6.45) is 5.30. The second kappa shape index (κ2) is 4.43. The van der Waals surface area contributed by atoms with Gasteiger partial charge in [0.1, 0.15) is 0 Å². The Morgan fingerprint density at radius 3 is 2.69 bits per heavy atom. The van der Waals surface area contributed by atoms with E-state index >= 15 is 0 Å². The van der Waals surface area contributed by atoms with Crippen molar-refractivity contribution in [1.29, 1.82) is 0 Å². The van der Waals surface area contributed by atoms with Crippen LogP contribution in [0.15, 0.2) is 24.3 Å². The molecule has 1 heteroatoms. The molecule has 13 heavy (non-hydrogen) atoms. The van der Waals surface area contributed by atoms with Crippen molar-refractivity contribution in [3.63, 3.8) is 0 Å². The van der Waals surface area contributed by atoms with E-state index in [1.165, 1.54) is 43.4 Å². The van der Waals surface area contributed by atoms with Gasteiger partial charge in [-0.2, -0.15) is 0 Å². The van der Waals surface area contributed by atoms with Gasteiger partial charge in [0.15, 0.2) is 0 Å². The van der Waals surface area contributed by atoms with Gasteiger partial charge in [0.05, 0.1) is 0 Å². The van der Waals surface area contributed by atoms with Gasteiger partial charge in [-0.25, -0.2) is 0 Å². The van der Waals surface area contributed by atoms with E-state index < -0.39 is 0 Å². The quantitative estimate of drug-likeness (QED) is 0.639. The molecule has 1 heterocycles. The summed E-state index contributed by atoms with van der Waals surface area (Å²) in [4.78, 5) is 0. The first-order valence-electron chi connectivity index (χ1n) is 5.24. The molecule has 0 radical (unpaired) electrons. The molecule has 1 aromatic carbocycles. The molecule has 0 amide bonds. The Morgan fingerprint density at radius 1 is 0.923 bits per heavy atom. The molecule has 0 saturated carbocycles. The maximum atomic E-state index is 3.48. The van der Waals surface area contributed by atoms with Crippen molar-refractivity contribution in [2.24, 2.45) is 0 Å². The Labute approximate surface area is 80.2 Å². The van der Waals surface area contributed by atoms with E-state index in [1.54, 1.807) is 0 Å². The van der Waals surface area contributed by atoms with Crippen LogP contribution < -0.4 is 5.32 Å². The highest BCUT2D eigenvalue weighted by Gasteiger charge is 2.03. The van der Waals surface area contributed by atoms with Crippen LogP contribution in [0.4, 0.5) is 0 Å². The van der Waals surface area contributed by atoms with Gasteiger partial charge in [-0.3, -0.25) is 0 Å². The van der Waals surface area contributed by atoms with Crippen LogP contribution in [0.1, 0.15) is 30.4 Å². The first-order chi connectivity index (χ1) is 6.47. The Kier molecular flexibility index (Phi) is 2.98. The zero-order valence-corrected chi connectivity index (χ0v) is 8.05. The summed E-state index contributed by atoms with van der Waals surface area (Å²) in [7, 11) is 0. The van der Waals surface area contributed by atoms with Gasteiger partial charge < -0.3 is 5.32 Å². The molecule has 0 saturated heterocycles. The molecule has 0 atom stereocenters. The van der Waals surface area contributed by atoms with E-state index in [2.05, 4.69) is 29.6 Å². The number of rotatable bonds is 0. The minimum Gasteiger partial charge on any atom is -0.313 e. The van der Waals surface area contributed by atoms with Crippen LogP contribution in [0.3, 0.4) is 0 Å². The fourth-order valence-electron chi connectivity index (χ4n) is 1.94. The predicted octanol–water partition coefficient (Wildman–Crippen LogP) is 2.50. The zero-order valence-electron chi connectivity index (χ0n) is 8.05. The highest BCUT2D eigenvalue weighted by molar-refractivity contribution is 5.27. The molecule has 1 aliphatic rings. The third-order valence-corrected chi connectivity index (χ3v) is 2.73. The summed E-state index contributed by atoms with van der Waals surface area (Å²) in [5.74, 6) is 0. The van der Waals surface area contributed by atoms with E-state index in [1.807, 2.05) is 0 Å². The maximum absolute atomic E-state index is 3.48. The van der Waals surface area contributed by atoms with Gasteiger partial charge in [0.2, 0.25) is 0 Å². The van der Waals surface area contributed by atoms with Crippen LogP contribution >= 0.6 is 0 Å². The molecular formula is C12H17N. The zero-order chi connectivity index (χ0) is 8.93. The van der Waals surface area contributed by atoms with Crippen molar-refractivity contribution >= 4 is 0 Å². The van der Waals surface area contributed by atoms with Gasteiger partial charge in [0.25, 0.3) is 0 Å². The lowest BCUT2D eigenvalue weighted by atomic mass is 10.0. The first kappa shape index (κ1) is 8.76. The van der Waals surface area contributed by atoms with Crippen LogP contribution in [0.25, 0.3) is 0 Å². The summed E-state index contributed by atoms with van der Waals surface area (Å²) >= 11 is 0. The molecule has 1 aliphatic heterocycles. The van der Waals surface area contributed by atoms with Gasteiger partial charge in [0, 0.05) is 6.54 Å². The largest absolute Gasteiger partial charge is 0.313 e. The fourth-order valence-corrected chi connectivity index (χ4v) is 1.94. The molecule has 1 N–H and O–H groups in total. The van der Waals surface area contributed by atoms with Crippen molar-refractivity contribution in [3.05, 3.63) is 35.4 Å². The molecule has 1 nitrogen and oxygen atoms in total.